The van der Waals surface area contributed by atoms with Crippen LogP contribution < -0.4 is 4.90 Å². The van der Waals surface area contributed by atoms with Crippen LogP contribution in [-0.4, -0.2) is 21.6 Å². The third kappa shape index (κ3) is 2.76. The van der Waals surface area contributed by atoms with E-state index in [1.807, 2.05) is 12.1 Å². The molecule has 0 amide bonds. The van der Waals surface area contributed by atoms with Crippen LogP contribution in [0.1, 0.15) is 18.4 Å². The minimum Gasteiger partial charge on any atom is -0.508 e. The summed E-state index contributed by atoms with van der Waals surface area (Å²) in [5.41, 5.74) is 1.18. The van der Waals surface area contributed by atoms with E-state index in [9.17, 15) is 5.11 Å². The number of nitrogens with zero attached hydrogens (tertiary/aromatic N) is 3. The molecule has 0 spiro atoms. The Morgan fingerprint density at radius 1 is 1.14 bits per heavy atom. The van der Waals surface area contributed by atoms with E-state index in [1.165, 1.54) is 18.4 Å². The number of phenols is 1. The molecule has 1 N–H and O–H groups in total. The number of aromatic hydroxyl groups is 1. The highest BCUT2D eigenvalue weighted by atomic mass is 32.1. The highest BCUT2D eigenvalue weighted by molar-refractivity contribution is 7.16. The van der Waals surface area contributed by atoms with Crippen molar-refractivity contribution in [1.82, 2.24) is 9.97 Å². The zero-order chi connectivity index (χ0) is 14.9. The molecule has 0 bridgehead atoms. The zero-order valence-corrected chi connectivity index (χ0v) is 13.0. The van der Waals surface area contributed by atoms with Gasteiger partial charge in [0, 0.05) is 13.1 Å². The van der Waals surface area contributed by atoms with Crippen molar-refractivity contribution < 1.29 is 5.11 Å². The first-order valence-corrected chi connectivity index (χ1v) is 8.38. The Kier molecular flexibility index (Phi) is 3.42. The van der Waals surface area contributed by atoms with Crippen LogP contribution in [0.2, 0.25) is 0 Å². The van der Waals surface area contributed by atoms with E-state index in [-0.39, 0.29) is 0 Å². The Morgan fingerprint density at radius 2 is 1.95 bits per heavy atom. The number of hydrogen-bond donors (Lipinski definition) is 1. The summed E-state index contributed by atoms with van der Waals surface area (Å²) in [5, 5.41) is 12.6. The maximum absolute atomic E-state index is 9.44. The Bertz CT molecular complexity index is 780. The highest BCUT2D eigenvalue weighted by Gasteiger charge is 2.26. The van der Waals surface area contributed by atoms with Gasteiger partial charge < -0.3 is 10.0 Å². The van der Waals surface area contributed by atoms with Crippen LogP contribution >= 0.6 is 11.3 Å². The molecule has 4 nitrogen and oxygen atoms in total. The quantitative estimate of drug-likeness (QED) is 0.778. The van der Waals surface area contributed by atoms with Gasteiger partial charge in [0.25, 0.3) is 0 Å². The lowest BCUT2D eigenvalue weighted by molar-refractivity contribution is 0.475. The first-order chi connectivity index (χ1) is 10.8. The van der Waals surface area contributed by atoms with Crippen LogP contribution in [0.25, 0.3) is 10.2 Å². The molecule has 2 aromatic heterocycles. The summed E-state index contributed by atoms with van der Waals surface area (Å²) in [6.45, 7) is 1.83. The van der Waals surface area contributed by atoms with Gasteiger partial charge in [-0.2, -0.15) is 0 Å². The molecule has 3 aromatic rings. The fourth-order valence-electron chi connectivity index (χ4n) is 2.69. The molecule has 0 aliphatic heterocycles. The molecular formula is C17H17N3OS. The van der Waals surface area contributed by atoms with Gasteiger partial charge >= 0.3 is 0 Å². The van der Waals surface area contributed by atoms with Crippen LogP contribution in [0.3, 0.4) is 0 Å². The van der Waals surface area contributed by atoms with Crippen LogP contribution in [0.15, 0.2) is 42.0 Å². The van der Waals surface area contributed by atoms with Gasteiger partial charge in [-0.05, 0) is 47.9 Å². The van der Waals surface area contributed by atoms with E-state index >= 15 is 0 Å². The standard InChI is InChI=1S/C17H17N3OS/c21-14-5-3-13(4-6-14)10-20(9-12-1-2-12)16-15-7-8-22-17(15)19-11-18-16/h3-8,11-12,21H,1-2,9-10H2. The lowest BCUT2D eigenvalue weighted by atomic mass is 10.2. The van der Waals surface area contributed by atoms with Gasteiger partial charge in [-0.3, -0.25) is 0 Å². The van der Waals surface area contributed by atoms with Crippen molar-refractivity contribution in [1.29, 1.82) is 0 Å². The molecule has 1 aromatic carbocycles. The Balaban J connectivity index is 1.68. The number of phenolic OH excluding ortho intramolecular Hbond substituents is 1. The molecule has 0 atom stereocenters. The Morgan fingerprint density at radius 3 is 2.73 bits per heavy atom. The van der Waals surface area contributed by atoms with E-state index in [1.54, 1.807) is 29.8 Å². The maximum Gasteiger partial charge on any atom is 0.141 e. The second-order valence-corrected chi connectivity index (χ2v) is 6.72. The van der Waals surface area contributed by atoms with Crippen LogP contribution in [-0.2, 0) is 6.54 Å². The van der Waals surface area contributed by atoms with E-state index in [0.717, 1.165) is 35.0 Å². The fourth-order valence-corrected chi connectivity index (χ4v) is 3.42. The summed E-state index contributed by atoms with van der Waals surface area (Å²) in [5.74, 6) is 2.10. The van der Waals surface area contributed by atoms with Crippen molar-refractivity contribution in [2.75, 3.05) is 11.4 Å². The molecule has 5 heteroatoms. The molecule has 2 heterocycles. The van der Waals surface area contributed by atoms with E-state index in [4.69, 9.17) is 0 Å². The number of anilines is 1. The third-order valence-electron chi connectivity index (χ3n) is 4.03. The molecule has 112 valence electrons. The molecule has 0 radical (unpaired) electrons. The molecule has 4 rings (SSSR count). The first-order valence-electron chi connectivity index (χ1n) is 7.50. The van der Waals surface area contributed by atoms with Gasteiger partial charge in [0.1, 0.15) is 22.7 Å². The number of benzene rings is 1. The second kappa shape index (κ2) is 5.57. The lowest BCUT2D eigenvalue weighted by Crippen LogP contribution is -2.26. The van der Waals surface area contributed by atoms with Crippen molar-refractivity contribution in [3.8, 4) is 5.75 Å². The number of thiophene rings is 1. The fraction of sp³-hybridized carbons (Fsp3) is 0.294. The zero-order valence-electron chi connectivity index (χ0n) is 12.1. The Hall–Kier alpha value is -2.14. The summed E-state index contributed by atoms with van der Waals surface area (Å²) in [6.07, 6.45) is 4.28. The highest BCUT2D eigenvalue weighted by Crippen LogP contribution is 2.34. The largest absolute Gasteiger partial charge is 0.508 e. The summed E-state index contributed by atoms with van der Waals surface area (Å²) < 4.78 is 0. The average Bonchev–Trinajstić information content (AvgIpc) is 3.21. The monoisotopic (exact) mass is 311 g/mol. The number of aromatic nitrogens is 2. The third-order valence-corrected chi connectivity index (χ3v) is 4.85. The predicted octanol–water partition coefficient (Wildman–Crippen LogP) is 3.81. The first kappa shape index (κ1) is 13.5. The molecule has 1 aliphatic carbocycles. The molecular weight excluding hydrogens is 294 g/mol. The van der Waals surface area contributed by atoms with Gasteiger partial charge in [-0.15, -0.1) is 11.3 Å². The smallest absolute Gasteiger partial charge is 0.141 e. The summed E-state index contributed by atoms with van der Waals surface area (Å²) in [6, 6.07) is 9.53. The second-order valence-electron chi connectivity index (χ2n) is 5.83. The SMILES string of the molecule is Oc1ccc(CN(CC2CC2)c2ncnc3sccc23)cc1. The Labute approximate surface area is 133 Å². The predicted molar refractivity (Wildman–Crippen MR) is 89.3 cm³/mol. The van der Waals surface area contributed by atoms with E-state index in [0.29, 0.717) is 5.75 Å². The van der Waals surface area contributed by atoms with Gasteiger partial charge in [-0.25, -0.2) is 9.97 Å². The molecule has 22 heavy (non-hydrogen) atoms. The normalized spacial score (nSPS) is 14.4. The molecule has 1 aliphatic rings. The van der Waals surface area contributed by atoms with Crippen molar-refractivity contribution in [2.24, 2.45) is 5.92 Å². The number of hydrogen-bond acceptors (Lipinski definition) is 5. The van der Waals surface area contributed by atoms with Crippen LogP contribution in [0.5, 0.6) is 5.75 Å². The van der Waals surface area contributed by atoms with Crippen LogP contribution in [0.4, 0.5) is 5.82 Å². The number of rotatable bonds is 5. The van der Waals surface area contributed by atoms with E-state index in [2.05, 4.69) is 26.3 Å². The molecule has 0 unspecified atom stereocenters. The average molecular weight is 311 g/mol. The van der Waals surface area contributed by atoms with Crippen LogP contribution in [0, 0.1) is 5.92 Å². The molecule has 1 saturated carbocycles. The van der Waals surface area contributed by atoms with Crippen molar-refractivity contribution in [3.63, 3.8) is 0 Å². The van der Waals surface area contributed by atoms with Gasteiger partial charge in [0.2, 0.25) is 0 Å². The topological polar surface area (TPSA) is 49.2 Å². The summed E-state index contributed by atoms with van der Waals surface area (Å²) in [7, 11) is 0. The van der Waals surface area contributed by atoms with Crippen molar-refractivity contribution >= 4 is 27.4 Å². The van der Waals surface area contributed by atoms with E-state index < -0.39 is 0 Å². The summed E-state index contributed by atoms with van der Waals surface area (Å²) >= 11 is 1.65. The molecule has 0 saturated heterocycles. The van der Waals surface area contributed by atoms with Crippen molar-refractivity contribution in [3.05, 3.63) is 47.6 Å². The van der Waals surface area contributed by atoms with Gasteiger partial charge in [0.15, 0.2) is 0 Å². The summed E-state index contributed by atoms with van der Waals surface area (Å²) in [4.78, 5) is 12.3. The molecule has 1 fully saturated rings. The minimum absolute atomic E-state index is 0.305. The minimum atomic E-state index is 0.305. The van der Waals surface area contributed by atoms with Crippen molar-refractivity contribution in [2.45, 2.75) is 19.4 Å². The van der Waals surface area contributed by atoms with Gasteiger partial charge in [-0.1, -0.05) is 12.1 Å². The van der Waals surface area contributed by atoms with Gasteiger partial charge in [0.05, 0.1) is 5.39 Å². The maximum atomic E-state index is 9.44. The number of fused-ring (bicyclic) bond motifs is 1. The lowest BCUT2D eigenvalue weighted by Gasteiger charge is -2.24.